The Morgan fingerprint density at radius 1 is 1.23 bits per heavy atom. The smallest absolute Gasteiger partial charge is 0.0892 e. The van der Waals surface area contributed by atoms with Crippen molar-refractivity contribution in [1.29, 1.82) is 0 Å². The van der Waals surface area contributed by atoms with Gasteiger partial charge in [-0.15, -0.1) is 0 Å². The molecule has 0 radical (unpaired) electrons. The third-order valence-electron chi connectivity index (χ3n) is 3.52. The third-order valence-corrected chi connectivity index (χ3v) is 3.78. The van der Waals surface area contributed by atoms with Gasteiger partial charge >= 0.3 is 0 Å². The van der Waals surface area contributed by atoms with E-state index in [-0.39, 0.29) is 6.04 Å². The molecule has 1 aromatic carbocycles. The van der Waals surface area contributed by atoms with Crippen molar-refractivity contribution >= 4 is 11.6 Å². The van der Waals surface area contributed by atoms with Gasteiger partial charge in [-0.05, 0) is 23.8 Å². The molecule has 0 amide bonds. The highest BCUT2D eigenvalue weighted by atomic mass is 35.5. The number of aromatic nitrogens is 4. The molecule has 3 aromatic rings. The van der Waals surface area contributed by atoms with Crippen LogP contribution in [-0.4, -0.2) is 26.1 Å². The molecule has 0 bridgehead atoms. The Balaban J connectivity index is 1.70. The second-order valence-electron chi connectivity index (χ2n) is 5.21. The molecule has 1 atom stereocenters. The van der Waals surface area contributed by atoms with Crippen molar-refractivity contribution in [3.05, 3.63) is 71.3 Å². The van der Waals surface area contributed by atoms with Gasteiger partial charge in [-0.2, -0.15) is 10.2 Å². The summed E-state index contributed by atoms with van der Waals surface area (Å²) in [5.41, 5.74) is 2.34. The molecule has 0 aliphatic rings. The first kappa shape index (κ1) is 14.8. The maximum absolute atomic E-state index is 5.98. The van der Waals surface area contributed by atoms with E-state index >= 15 is 0 Å². The lowest BCUT2D eigenvalue weighted by molar-refractivity contribution is 0.480. The molecule has 114 valence electrons. The Morgan fingerprint density at radius 2 is 2.05 bits per heavy atom. The highest BCUT2D eigenvalue weighted by Crippen LogP contribution is 2.19. The average Bonchev–Trinajstić information content (AvgIpc) is 3.17. The standard InChI is InChI=1S/C16H18ClN5/c1-21-12-13(10-20-21)9-18-11-16(22-8-2-7-19-22)14-3-5-15(17)6-4-14/h2-8,10,12,16,18H,9,11H2,1H3/t16-/m1/s1. The molecule has 2 aromatic heterocycles. The highest BCUT2D eigenvalue weighted by molar-refractivity contribution is 6.30. The summed E-state index contributed by atoms with van der Waals surface area (Å²) in [6, 6.07) is 9.97. The van der Waals surface area contributed by atoms with E-state index in [1.165, 1.54) is 5.56 Å². The summed E-state index contributed by atoms with van der Waals surface area (Å²) >= 11 is 5.98. The van der Waals surface area contributed by atoms with Crippen LogP contribution in [0.5, 0.6) is 0 Å². The number of rotatable bonds is 6. The fourth-order valence-corrected chi connectivity index (χ4v) is 2.56. The topological polar surface area (TPSA) is 47.7 Å². The summed E-state index contributed by atoms with van der Waals surface area (Å²) in [6.07, 6.45) is 7.66. The maximum atomic E-state index is 5.98. The SMILES string of the molecule is Cn1cc(CNC[C@H](c2ccc(Cl)cc2)n2cccn2)cn1. The van der Waals surface area contributed by atoms with Gasteiger partial charge in [-0.1, -0.05) is 23.7 Å². The summed E-state index contributed by atoms with van der Waals surface area (Å²) in [7, 11) is 1.92. The molecule has 0 aliphatic heterocycles. The van der Waals surface area contributed by atoms with Gasteiger partial charge in [0.15, 0.2) is 0 Å². The summed E-state index contributed by atoms with van der Waals surface area (Å²) < 4.78 is 3.76. The van der Waals surface area contributed by atoms with Crippen molar-refractivity contribution in [2.45, 2.75) is 12.6 Å². The van der Waals surface area contributed by atoms with Crippen molar-refractivity contribution in [3.63, 3.8) is 0 Å². The van der Waals surface area contributed by atoms with Gasteiger partial charge in [-0.3, -0.25) is 9.36 Å². The minimum atomic E-state index is 0.129. The molecule has 6 heteroatoms. The van der Waals surface area contributed by atoms with Gasteiger partial charge in [0.1, 0.15) is 0 Å². The molecule has 0 fully saturated rings. The number of hydrogen-bond donors (Lipinski definition) is 1. The third kappa shape index (κ3) is 3.55. The van der Waals surface area contributed by atoms with E-state index in [9.17, 15) is 0 Å². The Kier molecular flexibility index (Phi) is 4.56. The number of halogens is 1. The van der Waals surface area contributed by atoms with Crippen molar-refractivity contribution in [2.24, 2.45) is 7.05 Å². The summed E-state index contributed by atoms with van der Waals surface area (Å²) in [4.78, 5) is 0. The van der Waals surface area contributed by atoms with E-state index < -0.39 is 0 Å². The van der Waals surface area contributed by atoms with Gasteiger partial charge in [0, 0.05) is 49.3 Å². The lowest BCUT2D eigenvalue weighted by atomic mass is 10.1. The molecule has 0 spiro atoms. The predicted octanol–water partition coefficient (Wildman–Crippen LogP) is 2.65. The predicted molar refractivity (Wildman–Crippen MR) is 86.7 cm³/mol. The number of nitrogens with one attached hydrogen (secondary N) is 1. The van der Waals surface area contributed by atoms with Crippen molar-refractivity contribution in [1.82, 2.24) is 24.9 Å². The first-order chi connectivity index (χ1) is 10.7. The lowest BCUT2D eigenvalue weighted by Gasteiger charge is -2.19. The van der Waals surface area contributed by atoms with Gasteiger partial charge < -0.3 is 5.32 Å². The van der Waals surface area contributed by atoms with Crippen LogP contribution in [0.25, 0.3) is 0 Å². The Labute approximate surface area is 134 Å². The molecule has 22 heavy (non-hydrogen) atoms. The van der Waals surface area contributed by atoms with Crippen LogP contribution in [0.15, 0.2) is 55.1 Å². The monoisotopic (exact) mass is 315 g/mol. The zero-order chi connectivity index (χ0) is 15.4. The van der Waals surface area contributed by atoms with Crippen molar-refractivity contribution in [2.75, 3.05) is 6.54 Å². The van der Waals surface area contributed by atoms with Gasteiger partial charge in [-0.25, -0.2) is 0 Å². The summed E-state index contributed by atoms with van der Waals surface area (Å²) in [5.74, 6) is 0. The van der Waals surface area contributed by atoms with Gasteiger partial charge in [0.25, 0.3) is 0 Å². The second-order valence-corrected chi connectivity index (χ2v) is 5.64. The zero-order valence-electron chi connectivity index (χ0n) is 12.4. The van der Waals surface area contributed by atoms with Crippen LogP contribution < -0.4 is 5.32 Å². The van der Waals surface area contributed by atoms with Crippen molar-refractivity contribution < 1.29 is 0 Å². The second kappa shape index (κ2) is 6.77. The van der Waals surface area contributed by atoms with Gasteiger partial charge in [0.2, 0.25) is 0 Å². The number of benzene rings is 1. The zero-order valence-corrected chi connectivity index (χ0v) is 13.1. The molecule has 0 aliphatic carbocycles. The maximum Gasteiger partial charge on any atom is 0.0892 e. The van der Waals surface area contributed by atoms with Gasteiger partial charge in [0.05, 0.1) is 12.2 Å². The first-order valence-corrected chi connectivity index (χ1v) is 7.53. The molecular formula is C16H18ClN5. The minimum absolute atomic E-state index is 0.129. The molecule has 0 unspecified atom stereocenters. The quantitative estimate of drug-likeness (QED) is 0.760. The fraction of sp³-hybridized carbons (Fsp3) is 0.250. The summed E-state index contributed by atoms with van der Waals surface area (Å²) in [6.45, 7) is 1.55. The first-order valence-electron chi connectivity index (χ1n) is 7.15. The molecule has 2 heterocycles. The van der Waals surface area contributed by atoms with E-state index in [0.29, 0.717) is 0 Å². The molecule has 0 saturated carbocycles. The molecule has 3 rings (SSSR count). The minimum Gasteiger partial charge on any atom is -0.310 e. The number of nitrogens with zero attached hydrogens (tertiary/aromatic N) is 4. The van der Waals surface area contributed by atoms with Crippen LogP contribution in [-0.2, 0) is 13.6 Å². The number of aryl methyl sites for hydroxylation is 1. The average molecular weight is 316 g/mol. The molecular weight excluding hydrogens is 298 g/mol. The van der Waals surface area contributed by atoms with Crippen LogP contribution in [0.1, 0.15) is 17.2 Å². The van der Waals surface area contributed by atoms with Crippen LogP contribution in [0, 0.1) is 0 Å². The fourth-order valence-electron chi connectivity index (χ4n) is 2.43. The Bertz CT molecular complexity index is 702. The summed E-state index contributed by atoms with van der Waals surface area (Å²) in [5, 5.41) is 12.8. The lowest BCUT2D eigenvalue weighted by Crippen LogP contribution is -2.26. The van der Waals surface area contributed by atoms with Crippen LogP contribution in [0.3, 0.4) is 0 Å². The van der Waals surface area contributed by atoms with Crippen LogP contribution in [0.2, 0.25) is 5.02 Å². The Morgan fingerprint density at radius 3 is 2.68 bits per heavy atom. The largest absolute Gasteiger partial charge is 0.310 e. The normalized spacial score (nSPS) is 12.5. The molecule has 5 nitrogen and oxygen atoms in total. The van der Waals surface area contributed by atoms with Crippen LogP contribution in [0.4, 0.5) is 0 Å². The highest BCUT2D eigenvalue weighted by Gasteiger charge is 2.13. The molecule has 1 N–H and O–H groups in total. The van der Waals surface area contributed by atoms with E-state index in [1.807, 2.05) is 60.7 Å². The van der Waals surface area contributed by atoms with Crippen LogP contribution >= 0.6 is 11.6 Å². The Hall–Kier alpha value is -2.11. The van der Waals surface area contributed by atoms with E-state index in [4.69, 9.17) is 11.6 Å². The molecule has 0 saturated heterocycles. The van der Waals surface area contributed by atoms with E-state index in [2.05, 4.69) is 15.5 Å². The van der Waals surface area contributed by atoms with E-state index in [0.717, 1.165) is 23.7 Å². The number of hydrogen-bond acceptors (Lipinski definition) is 3. The van der Waals surface area contributed by atoms with E-state index in [1.54, 1.807) is 10.9 Å². The van der Waals surface area contributed by atoms with Crippen molar-refractivity contribution in [3.8, 4) is 0 Å².